The van der Waals surface area contributed by atoms with E-state index in [-0.39, 0.29) is 5.91 Å². The maximum absolute atomic E-state index is 11.9. The second kappa shape index (κ2) is 8.05. The Balaban J connectivity index is 1.66. The Morgan fingerprint density at radius 3 is 2.90 bits per heavy atom. The second-order valence-electron chi connectivity index (χ2n) is 5.20. The molecule has 0 radical (unpaired) electrons. The van der Waals surface area contributed by atoms with Crippen molar-refractivity contribution in [3.05, 3.63) is 28.7 Å². The van der Waals surface area contributed by atoms with Crippen LogP contribution in [0.25, 0.3) is 0 Å². The second-order valence-corrected chi connectivity index (χ2v) is 7.28. The van der Waals surface area contributed by atoms with Crippen LogP contribution in [0.2, 0.25) is 0 Å². The molecule has 1 amide bonds. The highest BCUT2D eigenvalue weighted by molar-refractivity contribution is 9.10. The lowest BCUT2D eigenvalue weighted by Crippen LogP contribution is -2.46. The standard InChI is InChI=1S/C15H21BrN2OS/c1-11-10-13(6-8-17-11)18-15(19)7-9-20-14-4-2-12(16)3-5-14/h2-5,11,13,17H,6-10H2,1H3,(H,18,19). The number of hydrogen-bond donors (Lipinski definition) is 2. The van der Waals surface area contributed by atoms with Crippen LogP contribution in [0, 0.1) is 0 Å². The van der Waals surface area contributed by atoms with Gasteiger partial charge in [0, 0.05) is 33.6 Å². The van der Waals surface area contributed by atoms with Gasteiger partial charge in [-0.1, -0.05) is 15.9 Å². The van der Waals surface area contributed by atoms with E-state index in [1.165, 1.54) is 4.90 Å². The van der Waals surface area contributed by atoms with Gasteiger partial charge in [0.25, 0.3) is 0 Å². The third-order valence-corrected chi connectivity index (χ3v) is 4.94. The fourth-order valence-corrected chi connectivity index (χ4v) is 3.47. The number of carbonyl (C=O) groups excluding carboxylic acids is 1. The third kappa shape index (κ3) is 5.46. The summed E-state index contributed by atoms with van der Waals surface area (Å²) >= 11 is 5.14. The van der Waals surface area contributed by atoms with E-state index in [9.17, 15) is 4.79 Å². The third-order valence-electron chi connectivity index (χ3n) is 3.40. The van der Waals surface area contributed by atoms with Crippen molar-refractivity contribution in [2.24, 2.45) is 0 Å². The summed E-state index contributed by atoms with van der Waals surface area (Å²) in [6.07, 6.45) is 2.65. The van der Waals surface area contributed by atoms with Crippen molar-refractivity contribution in [1.29, 1.82) is 0 Å². The van der Waals surface area contributed by atoms with E-state index in [2.05, 4.69) is 45.6 Å². The zero-order chi connectivity index (χ0) is 14.4. The molecule has 1 aliphatic heterocycles. The Kier molecular flexibility index (Phi) is 6.39. The number of hydrogen-bond acceptors (Lipinski definition) is 3. The van der Waals surface area contributed by atoms with Gasteiger partial charge in [-0.2, -0.15) is 0 Å². The highest BCUT2D eigenvalue weighted by Gasteiger charge is 2.19. The monoisotopic (exact) mass is 356 g/mol. The molecule has 0 bridgehead atoms. The lowest BCUT2D eigenvalue weighted by atomic mass is 10.0. The first-order valence-electron chi connectivity index (χ1n) is 7.04. The molecule has 0 saturated carbocycles. The highest BCUT2D eigenvalue weighted by Crippen LogP contribution is 2.21. The lowest BCUT2D eigenvalue weighted by Gasteiger charge is -2.28. The van der Waals surface area contributed by atoms with Crippen LogP contribution in [0.3, 0.4) is 0 Å². The van der Waals surface area contributed by atoms with Gasteiger partial charge >= 0.3 is 0 Å². The molecule has 1 heterocycles. The molecular weight excluding hydrogens is 336 g/mol. The Morgan fingerprint density at radius 2 is 2.20 bits per heavy atom. The van der Waals surface area contributed by atoms with Crippen molar-refractivity contribution < 1.29 is 4.79 Å². The topological polar surface area (TPSA) is 41.1 Å². The fraction of sp³-hybridized carbons (Fsp3) is 0.533. The lowest BCUT2D eigenvalue weighted by molar-refractivity contribution is -0.121. The summed E-state index contributed by atoms with van der Waals surface area (Å²) in [6, 6.07) is 9.04. The van der Waals surface area contributed by atoms with Gasteiger partial charge in [-0.25, -0.2) is 0 Å². The molecule has 0 spiro atoms. The van der Waals surface area contributed by atoms with E-state index < -0.39 is 0 Å². The zero-order valence-electron chi connectivity index (χ0n) is 11.7. The molecule has 2 unspecified atom stereocenters. The van der Waals surface area contributed by atoms with Gasteiger partial charge in [0.05, 0.1) is 0 Å². The van der Waals surface area contributed by atoms with Gasteiger partial charge in [0.15, 0.2) is 0 Å². The summed E-state index contributed by atoms with van der Waals surface area (Å²) in [5, 5.41) is 6.54. The summed E-state index contributed by atoms with van der Waals surface area (Å²) in [6.45, 7) is 3.17. The van der Waals surface area contributed by atoms with Crippen LogP contribution in [0.4, 0.5) is 0 Å². The van der Waals surface area contributed by atoms with E-state index in [1.807, 2.05) is 12.1 Å². The van der Waals surface area contributed by atoms with E-state index in [0.29, 0.717) is 18.5 Å². The molecule has 3 nitrogen and oxygen atoms in total. The van der Waals surface area contributed by atoms with Crippen LogP contribution >= 0.6 is 27.7 Å². The normalized spacial score (nSPS) is 22.5. The molecule has 0 aliphatic carbocycles. The number of carbonyl (C=O) groups is 1. The van der Waals surface area contributed by atoms with Crippen LogP contribution < -0.4 is 10.6 Å². The van der Waals surface area contributed by atoms with Gasteiger partial charge in [-0.05, 0) is 50.6 Å². The Bertz CT molecular complexity index is 438. The number of thioether (sulfide) groups is 1. The molecule has 0 aromatic heterocycles. The predicted octanol–water partition coefficient (Wildman–Crippen LogP) is 3.19. The van der Waals surface area contributed by atoms with Crippen LogP contribution in [0.5, 0.6) is 0 Å². The predicted molar refractivity (Wildman–Crippen MR) is 88.1 cm³/mol. The molecule has 1 aromatic carbocycles. The maximum atomic E-state index is 11.9. The van der Waals surface area contributed by atoms with Crippen LogP contribution in [-0.4, -0.2) is 30.3 Å². The van der Waals surface area contributed by atoms with Crippen molar-refractivity contribution >= 4 is 33.6 Å². The molecule has 1 aliphatic rings. The fourth-order valence-electron chi connectivity index (χ4n) is 2.36. The van der Waals surface area contributed by atoms with Crippen molar-refractivity contribution in [2.45, 2.75) is 43.2 Å². The average molecular weight is 357 g/mol. The van der Waals surface area contributed by atoms with Crippen LogP contribution in [0.15, 0.2) is 33.6 Å². The molecule has 1 fully saturated rings. The molecule has 5 heteroatoms. The van der Waals surface area contributed by atoms with Crippen molar-refractivity contribution in [3.8, 4) is 0 Å². The maximum Gasteiger partial charge on any atom is 0.221 e. The Hall–Kier alpha value is -0.520. The van der Waals surface area contributed by atoms with E-state index >= 15 is 0 Å². The van der Waals surface area contributed by atoms with Gasteiger partial charge in [0.1, 0.15) is 0 Å². The van der Waals surface area contributed by atoms with Crippen LogP contribution in [-0.2, 0) is 4.79 Å². The smallest absolute Gasteiger partial charge is 0.221 e. The van der Waals surface area contributed by atoms with E-state index in [1.54, 1.807) is 11.8 Å². The first-order valence-corrected chi connectivity index (χ1v) is 8.82. The van der Waals surface area contributed by atoms with Crippen LogP contribution in [0.1, 0.15) is 26.2 Å². The number of benzene rings is 1. The molecule has 1 aromatic rings. The van der Waals surface area contributed by atoms with Crippen molar-refractivity contribution in [3.63, 3.8) is 0 Å². The van der Waals surface area contributed by atoms with E-state index in [0.717, 1.165) is 29.6 Å². The SMILES string of the molecule is CC1CC(NC(=O)CCSc2ccc(Br)cc2)CCN1. The summed E-state index contributed by atoms with van der Waals surface area (Å²) in [7, 11) is 0. The molecule has 20 heavy (non-hydrogen) atoms. The molecule has 2 atom stereocenters. The number of nitrogens with one attached hydrogen (secondary N) is 2. The molecule has 1 saturated heterocycles. The zero-order valence-corrected chi connectivity index (χ0v) is 14.1. The molecule has 2 N–H and O–H groups in total. The van der Waals surface area contributed by atoms with Gasteiger partial charge in [-0.15, -0.1) is 11.8 Å². The summed E-state index contributed by atoms with van der Waals surface area (Å²) in [5.74, 6) is 1.00. The van der Waals surface area contributed by atoms with Gasteiger partial charge in [-0.3, -0.25) is 4.79 Å². The average Bonchev–Trinajstić information content (AvgIpc) is 2.41. The molecule has 2 rings (SSSR count). The number of piperidine rings is 1. The summed E-state index contributed by atoms with van der Waals surface area (Å²) in [4.78, 5) is 13.1. The first kappa shape index (κ1) is 15.9. The van der Waals surface area contributed by atoms with Gasteiger partial charge < -0.3 is 10.6 Å². The van der Waals surface area contributed by atoms with E-state index in [4.69, 9.17) is 0 Å². The summed E-state index contributed by atoms with van der Waals surface area (Å²) in [5.41, 5.74) is 0. The van der Waals surface area contributed by atoms with Gasteiger partial charge in [0.2, 0.25) is 5.91 Å². The largest absolute Gasteiger partial charge is 0.353 e. The Labute approximate surface area is 133 Å². The first-order chi connectivity index (χ1) is 9.63. The highest BCUT2D eigenvalue weighted by atomic mass is 79.9. The summed E-state index contributed by atoms with van der Waals surface area (Å²) < 4.78 is 1.08. The minimum Gasteiger partial charge on any atom is -0.353 e. The Morgan fingerprint density at radius 1 is 1.45 bits per heavy atom. The van der Waals surface area contributed by atoms with Crippen molar-refractivity contribution in [2.75, 3.05) is 12.3 Å². The molecular formula is C15H21BrN2OS. The van der Waals surface area contributed by atoms with Crippen molar-refractivity contribution in [1.82, 2.24) is 10.6 Å². The molecule has 110 valence electrons. The number of rotatable bonds is 5. The number of halogens is 1. The number of amides is 1. The minimum absolute atomic E-state index is 0.175. The minimum atomic E-state index is 0.175. The quantitative estimate of drug-likeness (QED) is 0.796.